The molecule has 0 saturated carbocycles. The zero-order valence-electron chi connectivity index (χ0n) is 11.8. The van der Waals surface area contributed by atoms with Gasteiger partial charge in [-0.3, -0.25) is 0 Å². The van der Waals surface area contributed by atoms with E-state index in [1.165, 1.54) is 26.4 Å². The third-order valence-electron chi connectivity index (χ3n) is 3.21. The van der Waals surface area contributed by atoms with Crippen LogP contribution in [0.1, 0.15) is 0 Å². The van der Waals surface area contributed by atoms with Gasteiger partial charge in [0.2, 0.25) is 10.0 Å². The molecule has 0 spiro atoms. The van der Waals surface area contributed by atoms with E-state index in [1.807, 2.05) is 0 Å². The van der Waals surface area contributed by atoms with Gasteiger partial charge >= 0.3 is 5.97 Å². The average Bonchev–Trinajstić information content (AvgIpc) is 2.47. The number of rotatable bonds is 4. The van der Waals surface area contributed by atoms with Crippen molar-refractivity contribution < 1.29 is 18.3 Å². The number of carboxylic acids is 1. The molecule has 7 nitrogen and oxygen atoms in total. The standard InChI is InChI=1S/C12H17N3O4S2/c1-14(2)21(18,19)9-3-4-11(13-7-9)15-5-6-20-8-10(15)12(16)17/h3-4,7,10H,5-6,8H2,1-2H3,(H,16,17). The molecule has 0 aromatic carbocycles. The largest absolute Gasteiger partial charge is 0.480 e. The van der Waals surface area contributed by atoms with E-state index in [4.69, 9.17) is 0 Å². The monoisotopic (exact) mass is 331 g/mol. The van der Waals surface area contributed by atoms with Gasteiger partial charge in [-0.1, -0.05) is 0 Å². The second-order valence-corrected chi connectivity index (χ2v) is 8.06. The van der Waals surface area contributed by atoms with Gasteiger partial charge in [-0.2, -0.15) is 11.8 Å². The minimum absolute atomic E-state index is 0.0921. The van der Waals surface area contributed by atoms with E-state index < -0.39 is 22.0 Å². The maximum absolute atomic E-state index is 12.0. The Morgan fingerprint density at radius 3 is 2.71 bits per heavy atom. The molecule has 116 valence electrons. The number of pyridine rings is 1. The minimum atomic E-state index is -3.52. The van der Waals surface area contributed by atoms with Crippen LogP contribution in [0, 0.1) is 0 Å². The van der Waals surface area contributed by atoms with Gasteiger partial charge in [-0.15, -0.1) is 0 Å². The zero-order chi connectivity index (χ0) is 15.6. The summed E-state index contributed by atoms with van der Waals surface area (Å²) in [6, 6.07) is 2.38. The highest BCUT2D eigenvalue weighted by atomic mass is 32.2. The van der Waals surface area contributed by atoms with E-state index in [1.54, 1.807) is 22.7 Å². The summed E-state index contributed by atoms with van der Waals surface area (Å²) in [7, 11) is -0.622. The van der Waals surface area contributed by atoms with Crippen LogP contribution in [-0.4, -0.2) is 67.0 Å². The first-order valence-corrected chi connectivity index (χ1v) is 8.89. The lowest BCUT2D eigenvalue weighted by atomic mass is 10.2. The third-order valence-corrected chi connectivity index (χ3v) is 6.03. The van der Waals surface area contributed by atoms with Gasteiger partial charge in [-0.05, 0) is 12.1 Å². The van der Waals surface area contributed by atoms with E-state index >= 15 is 0 Å². The van der Waals surface area contributed by atoms with Crippen molar-refractivity contribution in [3.63, 3.8) is 0 Å². The Kier molecular flexibility index (Phi) is 4.74. The van der Waals surface area contributed by atoms with Crippen LogP contribution in [0.25, 0.3) is 0 Å². The molecule has 2 rings (SSSR count). The van der Waals surface area contributed by atoms with Gasteiger partial charge in [0.05, 0.1) is 0 Å². The van der Waals surface area contributed by atoms with E-state index in [0.717, 1.165) is 10.1 Å². The van der Waals surface area contributed by atoms with Gasteiger partial charge in [0.25, 0.3) is 0 Å². The molecule has 1 N–H and O–H groups in total. The number of hydrogen-bond donors (Lipinski definition) is 1. The lowest BCUT2D eigenvalue weighted by Crippen LogP contribution is -2.47. The summed E-state index contributed by atoms with van der Waals surface area (Å²) < 4.78 is 25.0. The predicted octanol–water partition coefficient (Wildman–Crippen LogP) is 0.338. The van der Waals surface area contributed by atoms with Gasteiger partial charge < -0.3 is 10.0 Å². The normalized spacial score (nSPS) is 19.8. The first kappa shape index (κ1) is 16.1. The van der Waals surface area contributed by atoms with Gasteiger partial charge in [0.1, 0.15) is 16.8 Å². The maximum Gasteiger partial charge on any atom is 0.327 e. The number of carbonyl (C=O) groups is 1. The first-order chi connectivity index (χ1) is 9.84. The summed E-state index contributed by atoms with van der Waals surface area (Å²) in [6.45, 7) is 0.578. The molecule has 2 heterocycles. The molecule has 1 aromatic rings. The van der Waals surface area contributed by atoms with Crippen molar-refractivity contribution in [1.29, 1.82) is 0 Å². The lowest BCUT2D eigenvalue weighted by molar-refractivity contribution is -0.138. The number of aliphatic carboxylic acids is 1. The van der Waals surface area contributed by atoms with Crippen LogP contribution in [0.5, 0.6) is 0 Å². The SMILES string of the molecule is CN(C)S(=O)(=O)c1ccc(N2CCSCC2C(=O)O)nc1. The molecule has 1 saturated heterocycles. The molecule has 0 aliphatic carbocycles. The van der Waals surface area contributed by atoms with Crippen LogP contribution in [-0.2, 0) is 14.8 Å². The molecule has 0 amide bonds. The second kappa shape index (κ2) is 6.20. The Morgan fingerprint density at radius 1 is 1.48 bits per heavy atom. The average molecular weight is 331 g/mol. The summed E-state index contributed by atoms with van der Waals surface area (Å²) in [6.07, 6.45) is 1.27. The Labute approximate surface area is 128 Å². The molecule has 0 radical (unpaired) electrons. The Morgan fingerprint density at radius 2 is 2.19 bits per heavy atom. The first-order valence-electron chi connectivity index (χ1n) is 6.30. The van der Waals surface area contributed by atoms with E-state index in [0.29, 0.717) is 18.1 Å². The predicted molar refractivity (Wildman–Crippen MR) is 81.2 cm³/mol. The molecular formula is C12H17N3O4S2. The van der Waals surface area contributed by atoms with E-state index in [2.05, 4.69) is 4.98 Å². The van der Waals surface area contributed by atoms with Crippen LogP contribution in [0.4, 0.5) is 5.82 Å². The summed E-state index contributed by atoms with van der Waals surface area (Å²) in [5, 5.41) is 9.24. The summed E-state index contributed by atoms with van der Waals surface area (Å²) in [4.78, 5) is 17.2. The maximum atomic E-state index is 12.0. The molecule has 9 heteroatoms. The van der Waals surface area contributed by atoms with Crippen molar-refractivity contribution in [2.75, 3.05) is 37.0 Å². The third kappa shape index (κ3) is 3.30. The van der Waals surface area contributed by atoms with Crippen LogP contribution in [0.15, 0.2) is 23.2 Å². The highest BCUT2D eigenvalue weighted by Gasteiger charge is 2.30. The second-order valence-electron chi connectivity index (χ2n) is 4.76. The topological polar surface area (TPSA) is 90.8 Å². The fourth-order valence-corrected chi connectivity index (χ4v) is 3.87. The molecule has 0 bridgehead atoms. The number of carboxylic acid groups (broad SMARTS) is 1. The molecular weight excluding hydrogens is 314 g/mol. The number of sulfonamides is 1. The van der Waals surface area contributed by atoms with Gasteiger partial charge in [0.15, 0.2) is 0 Å². The molecule has 21 heavy (non-hydrogen) atoms. The molecule has 1 aliphatic heterocycles. The van der Waals surface area contributed by atoms with Crippen molar-refractivity contribution in [2.45, 2.75) is 10.9 Å². The van der Waals surface area contributed by atoms with Crippen molar-refractivity contribution in [3.05, 3.63) is 18.3 Å². The van der Waals surface area contributed by atoms with Crippen molar-refractivity contribution in [3.8, 4) is 0 Å². The van der Waals surface area contributed by atoms with Crippen LogP contribution in [0.2, 0.25) is 0 Å². The van der Waals surface area contributed by atoms with Crippen molar-refractivity contribution in [1.82, 2.24) is 9.29 Å². The Balaban J connectivity index is 2.28. The van der Waals surface area contributed by atoms with Crippen molar-refractivity contribution >= 4 is 33.6 Å². The van der Waals surface area contributed by atoms with Crippen molar-refractivity contribution in [2.24, 2.45) is 0 Å². The zero-order valence-corrected chi connectivity index (χ0v) is 13.4. The fourth-order valence-electron chi connectivity index (χ4n) is 1.99. The quantitative estimate of drug-likeness (QED) is 0.850. The lowest BCUT2D eigenvalue weighted by Gasteiger charge is -2.33. The smallest absolute Gasteiger partial charge is 0.327 e. The molecule has 1 aliphatic rings. The summed E-state index contributed by atoms with van der Waals surface area (Å²) >= 11 is 1.59. The summed E-state index contributed by atoms with van der Waals surface area (Å²) in [5.41, 5.74) is 0. The minimum Gasteiger partial charge on any atom is -0.480 e. The number of anilines is 1. The fraction of sp³-hybridized carbons (Fsp3) is 0.500. The Bertz CT molecular complexity index is 616. The van der Waals surface area contributed by atoms with Crippen LogP contribution < -0.4 is 4.90 Å². The number of thioether (sulfide) groups is 1. The summed E-state index contributed by atoms with van der Waals surface area (Å²) in [5.74, 6) is 0.909. The van der Waals surface area contributed by atoms with Gasteiger partial charge in [-0.25, -0.2) is 22.5 Å². The highest BCUT2D eigenvalue weighted by Crippen LogP contribution is 2.24. The molecule has 1 unspecified atom stereocenters. The highest BCUT2D eigenvalue weighted by molar-refractivity contribution is 7.99. The number of hydrogen-bond acceptors (Lipinski definition) is 6. The molecule has 1 fully saturated rings. The molecule has 1 atom stereocenters. The van der Waals surface area contributed by atoms with Crippen LogP contribution >= 0.6 is 11.8 Å². The number of aromatic nitrogens is 1. The number of nitrogens with zero attached hydrogens (tertiary/aromatic N) is 3. The van der Waals surface area contributed by atoms with E-state index in [9.17, 15) is 18.3 Å². The van der Waals surface area contributed by atoms with Gasteiger partial charge in [0, 0.05) is 38.3 Å². The van der Waals surface area contributed by atoms with E-state index in [-0.39, 0.29) is 4.90 Å². The molecule has 1 aromatic heterocycles. The van der Waals surface area contributed by atoms with Crippen LogP contribution in [0.3, 0.4) is 0 Å². The Hall–Kier alpha value is -1.32.